The second-order valence-corrected chi connectivity index (χ2v) is 11.7. The van der Waals surface area contributed by atoms with Crippen molar-refractivity contribution >= 4 is 23.7 Å². The lowest BCUT2D eigenvalue weighted by molar-refractivity contribution is -0.146. The van der Waals surface area contributed by atoms with E-state index in [9.17, 15) is 24.3 Å². The van der Waals surface area contributed by atoms with E-state index in [0.717, 1.165) is 5.56 Å². The number of benzene rings is 1. The smallest absolute Gasteiger partial charge is 0.323 e. The summed E-state index contributed by atoms with van der Waals surface area (Å²) in [6.07, 6.45) is 0. The molecule has 0 aromatic heterocycles. The third-order valence-corrected chi connectivity index (χ3v) is 6.98. The van der Waals surface area contributed by atoms with Gasteiger partial charge < -0.3 is 25.5 Å². The molecule has 3 amide bonds. The van der Waals surface area contributed by atoms with E-state index < -0.39 is 41.5 Å². The Balaban J connectivity index is 3.27. The number of hydrogen-bond acceptors (Lipinski definition) is 5. The molecule has 0 bridgehead atoms. The van der Waals surface area contributed by atoms with Gasteiger partial charge in [-0.1, -0.05) is 78.8 Å². The van der Waals surface area contributed by atoms with Gasteiger partial charge in [-0.05, 0) is 23.9 Å². The number of amides is 3. The summed E-state index contributed by atoms with van der Waals surface area (Å²) in [5.74, 6) is -2.16. The molecule has 0 aliphatic heterocycles. The fourth-order valence-electron chi connectivity index (χ4n) is 4.57. The summed E-state index contributed by atoms with van der Waals surface area (Å²) in [4.78, 5) is 53.6. The van der Waals surface area contributed by atoms with Gasteiger partial charge >= 0.3 is 5.97 Å². The zero-order valence-electron chi connectivity index (χ0n) is 24.1. The first-order valence-corrected chi connectivity index (χ1v) is 12.7. The summed E-state index contributed by atoms with van der Waals surface area (Å²) in [7, 11) is 3.36. The van der Waals surface area contributed by atoms with Crippen LogP contribution < -0.4 is 10.6 Å². The third kappa shape index (κ3) is 8.55. The Labute approximate surface area is 222 Å². The molecule has 1 aromatic rings. The van der Waals surface area contributed by atoms with Crippen molar-refractivity contribution in [1.82, 2.24) is 20.4 Å². The molecule has 9 nitrogen and oxygen atoms in total. The van der Waals surface area contributed by atoms with E-state index in [2.05, 4.69) is 10.6 Å². The lowest BCUT2D eigenvalue weighted by atomic mass is 9.76. The molecule has 1 rings (SSSR count). The van der Waals surface area contributed by atoms with Gasteiger partial charge in [0.15, 0.2) is 0 Å². The molecule has 3 N–H and O–H groups in total. The highest BCUT2D eigenvalue weighted by atomic mass is 16.4. The first-order valence-electron chi connectivity index (χ1n) is 12.7. The average molecular weight is 519 g/mol. The maximum atomic E-state index is 13.8. The first-order chi connectivity index (χ1) is 16.9. The van der Waals surface area contributed by atoms with Gasteiger partial charge in [0.1, 0.15) is 12.6 Å². The zero-order valence-corrected chi connectivity index (χ0v) is 24.1. The molecule has 0 aliphatic rings. The number of carboxylic acids is 1. The molecule has 0 spiro atoms. The third-order valence-electron chi connectivity index (χ3n) is 6.98. The van der Waals surface area contributed by atoms with Gasteiger partial charge in [-0.25, -0.2) is 0 Å². The summed E-state index contributed by atoms with van der Waals surface area (Å²) in [5, 5.41) is 15.3. The average Bonchev–Trinajstić information content (AvgIpc) is 2.78. The predicted molar refractivity (Wildman–Crippen MR) is 145 cm³/mol. The van der Waals surface area contributed by atoms with Gasteiger partial charge in [0.2, 0.25) is 17.7 Å². The minimum atomic E-state index is -1.12. The molecule has 0 fully saturated rings. The molecule has 208 valence electrons. The first kappa shape index (κ1) is 32.1. The van der Waals surface area contributed by atoms with Crippen LogP contribution in [0.2, 0.25) is 0 Å². The molecule has 0 saturated heterocycles. The molecule has 3 atom stereocenters. The lowest BCUT2D eigenvalue weighted by Gasteiger charge is -2.41. The van der Waals surface area contributed by atoms with E-state index >= 15 is 0 Å². The van der Waals surface area contributed by atoms with Crippen molar-refractivity contribution in [2.24, 2.45) is 11.3 Å². The maximum Gasteiger partial charge on any atom is 0.323 e. The molecule has 1 aromatic carbocycles. The number of aliphatic carboxylic acids is 1. The maximum absolute atomic E-state index is 13.8. The minimum absolute atomic E-state index is 0.0667. The largest absolute Gasteiger partial charge is 0.480 e. The lowest BCUT2D eigenvalue weighted by Crippen LogP contribution is -2.62. The Kier molecular flexibility index (Phi) is 11.3. The number of nitrogens with one attached hydrogen (secondary N) is 2. The molecule has 1 unspecified atom stereocenters. The van der Waals surface area contributed by atoms with E-state index in [0.29, 0.717) is 0 Å². The fraction of sp³-hybridized carbons (Fsp3) is 0.643. The summed E-state index contributed by atoms with van der Waals surface area (Å²) in [5.41, 5.74) is -0.182. The van der Waals surface area contributed by atoms with Crippen LogP contribution in [-0.4, -0.2) is 83.9 Å². The molecule has 0 heterocycles. The number of nitrogens with zero attached hydrogens (tertiary/aromatic N) is 2. The number of likely N-dealkylation sites (N-methyl/N-ethyl adjacent to an activating group) is 2. The van der Waals surface area contributed by atoms with Gasteiger partial charge in [0.05, 0.1) is 12.1 Å². The highest BCUT2D eigenvalue weighted by molar-refractivity contribution is 5.91. The SMILES string of the molecule is CNC(C(=O)N[C@H](C(=O)N(C)[C@H](CN(CC(=O)O)C(C)=O)C(C)C)C(C)(C)C)C(C)(C)c1ccccc1. The molecular weight excluding hydrogens is 472 g/mol. The van der Waals surface area contributed by atoms with Gasteiger partial charge in [-0.2, -0.15) is 0 Å². The second kappa shape index (κ2) is 13.0. The van der Waals surface area contributed by atoms with Gasteiger partial charge in [-0.3, -0.25) is 19.2 Å². The topological polar surface area (TPSA) is 119 Å². The van der Waals surface area contributed by atoms with E-state index in [1.54, 1.807) is 14.1 Å². The Morgan fingerprint density at radius 3 is 1.92 bits per heavy atom. The molecule has 0 radical (unpaired) electrons. The van der Waals surface area contributed by atoms with Crippen LogP contribution in [0.5, 0.6) is 0 Å². The van der Waals surface area contributed by atoms with Crippen LogP contribution in [-0.2, 0) is 24.6 Å². The summed E-state index contributed by atoms with van der Waals surface area (Å²) >= 11 is 0. The Morgan fingerprint density at radius 2 is 1.51 bits per heavy atom. The van der Waals surface area contributed by atoms with Crippen LogP contribution in [0, 0.1) is 11.3 Å². The number of carboxylic acid groups (broad SMARTS) is 1. The molecule has 0 aliphatic carbocycles. The van der Waals surface area contributed by atoms with Crippen LogP contribution in [0.1, 0.15) is 61.0 Å². The molecule has 37 heavy (non-hydrogen) atoms. The normalized spacial score (nSPS) is 14.5. The predicted octanol–water partition coefficient (Wildman–Crippen LogP) is 2.50. The quantitative estimate of drug-likeness (QED) is 0.391. The van der Waals surface area contributed by atoms with Crippen LogP contribution in [0.3, 0.4) is 0 Å². The van der Waals surface area contributed by atoms with Crippen molar-refractivity contribution < 1.29 is 24.3 Å². The van der Waals surface area contributed by atoms with Crippen molar-refractivity contribution in [2.45, 2.75) is 78.9 Å². The Hall–Kier alpha value is -2.94. The van der Waals surface area contributed by atoms with E-state index in [1.807, 2.05) is 78.8 Å². The van der Waals surface area contributed by atoms with Gasteiger partial charge in [-0.15, -0.1) is 0 Å². The van der Waals surface area contributed by atoms with Crippen LogP contribution >= 0.6 is 0 Å². The number of hydrogen-bond donors (Lipinski definition) is 3. The summed E-state index contributed by atoms with van der Waals surface area (Å²) < 4.78 is 0. The Morgan fingerprint density at radius 1 is 0.973 bits per heavy atom. The highest BCUT2D eigenvalue weighted by Crippen LogP contribution is 2.29. The van der Waals surface area contributed by atoms with E-state index in [-0.39, 0.29) is 30.2 Å². The molecular formula is C28H46N4O5. The monoisotopic (exact) mass is 518 g/mol. The number of carbonyl (C=O) groups excluding carboxylic acids is 3. The van der Waals surface area contributed by atoms with Crippen LogP contribution in [0.15, 0.2) is 30.3 Å². The van der Waals surface area contributed by atoms with Crippen LogP contribution in [0.4, 0.5) is 0 Å². The number of rotatable bonds is 12. The molecule has 0 saturated carbocycles. The van der Waals surface area contributed by atoms with Gasteiger partial charge in [0.25, 0.3) is 0 Å². The summed E-state index contributed by atoms with van der Waals surface area (Å²) in [6.45, 7) is 14.4. The van der Waals surface area contributed by atoms with Crippen molar-refractivity contribution in [1.29, 1.82) is 0 Å². The minimum Gasteiger partial charge on any atom is -0.480 e. The highest BCUT2D eigenvalue weighted by Gasteiger charge is 2.42. The van der Waals surface area contributed by atoms with Crippen molar-refractivity contribution in [3.05, 3.63) is 35.9 Å². The van der Waals surface area contributed by atoms with E-state index in [1.165, 1.54) is 16.7 Å². The second-order valence-electron chi connectivity index (χ2n) is 11.7. The molecule has 9 heteroatoms. The van der Waals surface area contributed by atoms with Crippen LogP contribution in [0.25, 0.3) is 0 Å². The zero-order chi connectivity index (χ0) is 28.7. The van der Waals surface area contributed by atoms with Crippen molar-refractivity contribution in [3.63, 3.8) is 0 Å². The standard InChI is InChI=1S/C28H46N4O5/c1-18(2)21(16-32(19(3)33)17-22(34)35)31(10)26(37)24(27(4,5)6)30-25(36)23(29-9)28(7,8)20-14-12-11-13-15-20/h11-15,18,21,23-24,29H,16-17H2,1-10H3,(H,30,36)(H,34,35)/t21-,23?,24-/m1/s1. The number of carbonyl (C=O) groups is 4. The van der Waals surface area contributed by atoms with Crippen molar-refractivity contribution in [3.8, 4) is 0 Å². The van der Waals surface area contributed by atoms with Crippen molar-refractivity contribution in [2.75, 3.05) is 27.2 Å². The van der Waals surface area contributed by atoms with Gasteiger partial charge in [0, 0.05) is 25.9 Å². The summed E-state index contributed by atoms with van der Waals surface area (Å²) in [6, 6.07) is 7.83. The van der Waals surface area contributed by atoms with E-state index in [4.69, 9.17) is 0 Å². The fourth-order valence-corrected chi connectivity index (χ4v) is 4.57. The Bertz CT molecular complexity index is 940.